The fourth-order valence-corrected chi connectivity index (χ4v) is 1.11. The van der Waals surface area contributed by atoms with E-state index >= 15 is 0 Å². The topological polar surface area (TPSA) is 37.3 Å². The standard InChI is InChI=1S/C7H3Cl2FO2/c8-5-2-3(10)1-4(6(5)9)7(11)12/h1-2H,(H,11,12). The molecular weight excluding hydrogens is 206 g/mol. The van der Waals surface area contributed by atoms with Crippen LogP contribution in [0.2, 0.25) is 10.0 Å². The summed E-state index contributed by atoms with van der Waals surface area (Å²) in [6.45, 7) is 0. The molecule has 0 heterocycles. The molecule has 5 heteroatoms. The van der Waals surface area contributed by atoms with E-state index in [-0.39, 0.29) is 15.6 Å². The molecule has 1 N–H and O–H groups in total. The van der Waals surface area contributed by atoms with Gasteiger partial charge in [0.05, 0.1) is 15.6 Å². The summed E-state index contributed by atoms with van der Waals surface area (Å²) >= 11 is 10.9. The van der Waals surface area contributed by atoms with Gasteiger partial charge in [-0.1, -0.05) is 23.2 Å². The quantitative estimate of drug-likeness (QED) is 0.722. The summed E-state index contributed by atoms with van der Waals surface area (Å²) < 4.78 is 12.6. The molecule has 0 amide bonds. The van der Waals surface area contributed by atoms with Crippen molar-refractivity contribution in [2.24, 2.45) is 0 Å². The first-order chi connectivity index (χ1) is 5.52. The lowest BCUT2D eigenvalue weighted by molar-refractivity contribution is 0.0696. The smallest absolute Gasteiger partial charge is 0.337 e. The molecule has 0 saturated carbocycles. The summed E-state index contributed by atoms with van der Waals surface area (Å²) in [5, 5.41) is 8.25. The highest BCUT2D eigenvalue weighted by atomic mass is 35.5. The van der Waals surface area contributed by atoms with Crippen LogP contribution in [0.4, 0.5) is 4.39 Å². The molecule has 12 heavy (non-hydrogen) atoms. The maximum Gasteiger partial charge on any atom is 0.337 e. The second-order valence-electron chi connectivity index (χ2n) is 2.05. The monoisotopic (exact) mass is 208 g/mol. The van der Waals surface area contributed by atoms with Crippen molar-refractivity contribution >= 4 is 29.2 Å². The Morgan fingerprint density at radius 2 is 2.00 bits per heavy atom. The van der Waals surface area contributed by atoms with Crippen LogP contribution >= 0.6 is 23.2 Å². The first kappa shape index (κ1) is 9.29. The predicted molar refractivity (Wildman–Crippen MR) is 43.4 cm³/mol. The summed E-state index contributed by atoms with van der Waals surface area (Å²) in [7, 11) is 0. The zero-order valence-electron chi connectivity index (χ0n) is 5.64. The van der Waals surface area contributed by atoms with E-state index in [1.165, 1.54) is 0 Å². The van der Waals surface area contributed by atoms with Crippen LogP contribution in [0, 0.1) is 5.82 Å². The molecule has 0 aromatic heterocycles. The van der Waals surface area contributed by atoms with Crippen molar-refractivity contribution in [2.75, 3.05) is 0 Å². The van der Waals surface area contributed by atoms with Crippen molar-refractivity contribution in [2.45, 2.75) is 0 Å². The van der Waals surface area contributed by atoms with E-state index in [9.17, 15) is 9.18 Å². The van der Waals surface area contributed by atoms with Gasteiger partial charge in [0.1, 0.15) is 5.82 Å². The van der Waals surface area contributed by atoms with Gasteiger partial charge in [-0.15, -0.1) is 0 Å². The molecule has 1 aromatic rings. The van der Waals surface area contributed by atoms with Crippen LogP contribution in [-0.2, 0) is 0 Å². The summed E-state index contributed by atoms with van der Waals surface area (Å²) in [6, 6.07) is 1.77. The first-order valence-corrected chi connectivity index (χ1v) is 3.66. The van der Waals surface area contributed by atoms with Gasteiger partial charge in [0, 0.05) is 0 Å². The minimum atomic E-state index is -1.30. The number of hydrogen-bond donors (Lipinski definition) is 1. The number of carboxylic acid groups (broad SMARTS) is 1. The average Bonchev–Trinajstić information content (AvgIpc) is 1.96. The zero-order valence-corrected chi connectivity index (χ0v) is 7.16. The number of hydrogen-bond acceptors (Lipinski definition) is 1. The van der Waals surface area contributed by atoms with Crippen molar-refractivity contribution in [1.29, 1.82) is 0 Å². The van der Waals surface area contributed by atoms with Crippen molar-refractivity contribution in [3.05, 3.63) is 33.6 Å². The van der Waals surface area contributed by atoms with Crippen molar-refractivity contribution in [3.8, 4) is 0 Å². The highest BCUT2D eigenvalue weighted by Gasteiger charge is 2.13. The predicted octanol–water partition coefficient (Wildman–Crippen LogP) is 2.83. The Labute approximate surface area is 77.5 Å². The van der Waals surface area contributed by atoms with Crippen molar-refractivity contribution in [1.82, 2.24) is 0 Å². The van der Waals surface area contributed by atoms with Crippen LogP contribution in [0.3, 0.4) is 0 Å². The van der Waals surface area contributed by atoms with Gasteiger partial charge < -0.3 is 5.11 Å². The molecule has 0 fully saturated rings. The molecule has 0 bridgehead atoms. The highest BCUT2D eigenvalue weighted by Crippen LogP contribution is 2.26. The largest absolute Gasteiger partial charge is 0.478 e. The number of benzene rings is 1. The minimum absolute atomic E-state index is 0.103. The Kier molecular flexibility index (Phi) is 2.55. The van der Waals surface area contributed by atoms with Gasteiger partial charge in [-0.2, -0.15) is 0 Å². The fourth-order valence-electron chi connectivity index (χ4n) is 0.712. The molecule has 1 rings (SSSR count). The normalized spacial score (nSPS) is 9.92. The Balaban J connectivity index is 3.37. The summed E-state index contributed by atoms with van der Waals surface area (Å²) in [4.78, 5) is 10.4. The molecule has 0 aliphatic rings. The Morgan fingerprint density at radius 1 is 1.42 bits per heavy atom. The lowest BCUT2D eigenvalue weighted by atomic mass is 10.2. The lowest BCUT2D eigenvalue weighted by Crippen LogP contribution is -1.98. The maximum absolute atomic E-state index is 12.6. The minimum Gasteiger partial charge on any atom is -0.478 e. The third-order valence-corrected chi connectivity index (χ3v) is 2.03. The van der Waals surface area contributed by atoms with Crippen LogP contribution in [0.15, 0.2) is 12.1 Å². The van der Waals surface area contributed by atoms with Crippen LogP contribution in [-0.4, -0.2) is 11.1 Å². The molecular formula is C7H3Cl2FO2. The maximum atomic E-state index is 12.6. The molecule has 0 radical (unpaired) electrons. The van der Waals surface area contributed by atoms with Crippen LogP contribution in [0.25, 0.3) is 0 Å². The molecule has 1 aromatic carbocycles. The molecule has 0 atom stereocenters. The summed E-state index contributed by atoms with van der Waals surface area (Å²) in [6.07, 6.45) is 0. The first-order valence-electron chi connectivity index (χ1n) is 2.90. The molecule has 0 aliphatic heterocycles. The van der Waals surface area contributed by atoms with Gasteiger partial charge in [0.25, 0.3) is 0 Å². The molecule has 0 aliphatic carbocycles. The second kappa shape index (κ2) is 3.29. The molecule has 64 valence electrons. The van der Waals surface area contributed by atoms with Gasteiger partial charge in [0.2, 0.25) is 0 Å². The third-order valence-electron chi connectivity index (χ3n) is 1.22. The summed E-state index contributed by atoms with van der Waals surface area (Å²) in [5.74, 6) is -2.02. The van der Waals surface area contributed by atoms with Crippen LogP contribution in [0.5, 0.6) is 0 Å². The van der Waals surface area contributed by atoms with E-state index < -0.39 is 11.8 Å². The number of carboxylic acids is 1. The van der Waals surface area contributed by atoms with E-state index in [0.29, 0.717) is 0 Å². The molecule has 0 spiro atoms. The Bertz CT molecular complexity index is 338. The van der Waals surface area contributed by atoms with Gasteiger partial charge in [-0.05, 0) is 12.1 Å². The van der Waals surface area contributed by atoms with E-state index in [1.807, 2.05) is 0 Å². The second-order valence-corrected chi connectivity index (χ2v) is 2.84. The lowest BCUT2D eigenvalue weighted by Gasteiger charge is -2.00. The van der Waals surface area contributed by atoms with E-state index in [4.69, 9.17) is 28.3 Å². The summed E-state index contributed by atoms with van der Waals surface area (Å²) in [5.41, 5.74) is -0.332. The van der Waals surface area contributed by atoms with Gasteiger partial charge in [-0.25, -0.2) is 9.18 Å². The van der Waals surface area contributed by atoms with Gasteiger partial charge >= 0.3 is 5.97 Å². The van der Waals surface area contributed by atoms with Gasteiger partial charge in [-0.3, -0.25) is 0 Å². The Morgan fingerprint density at radius 3 is 2.50 bits per heavy atom. The van der Waals surface area contributed by atoms with Gasteiger partial charge in [0.15, 0.2) is 0 Å². The SMILES string of the molecule is O=C(O)c1cc(F)cc(Cl)c1Cl. The number of carbonyl (C=O) groups is 1. The Hall–Kier alpha value is -0.800. The molecule has 2 nitrogen and oxygen atoms in total. The van der Waals surface area contributed by atoms with E-state index in [1.54, 1.807) is 0 Å². The molecule has 0 saturated heterocycles. The average molecular weight is 209 g/mol. The third kappa shape index (κ3) is 1.68. The van der Waals surface area contributed by atoms with E-state index in [0.717, 1.165) is 12.1 Å². The zero-order chi connectivity index (χ0) is 9.30. The van der Waals surface area contributed by atoms with E-state index in [2.05, 4.69) is 0 Å². The highest BCUT2D eigenvalue weighted by molar-refractivity contribution is 6.43. The number of aromatic carboxylic acids is 1. The van der Waals surface area contributed by atoms with Crippen LogP contribution in [0.1, 0.15) is 10.4 Å². The van der Waals surface area contributed by atoms with Crippen molar-refractivity contribution < 1.29 is 14.3 Å². The van der Waals surface area contributed by atoms with Crippen molar-refractivity contribution in [3.63, 3.8) is 0 Å². The number of rotatable bonds is 1. The molecule has 0 unspecified atom stereocenters. The van der Waals surface area contributed by atoms with Crippen LogP contribution < -0.4 is 0 Å². The fraction of sp³-hybridized carbons (Fsp3) is 0. The number of halogens is 3.